The number of carbonyl (C=O) groups excluding carboxylic acids is 3. The molecule has 9 nitrogen and oxygen atoms in total. The van der Waals surface area contributed by atoms with Gasteiger partial charge in [0.25, 0.3) is 11.8 Å². The largest absolute Gasteiger partial charge is 0.452 e. The first-order valence-corrected chi connectivity index (χ1v) is 10.9. The number of aryl methyl sites for hydroxylation is 1. The summed E-state index contributed by atoms with van der Waals surface area (Å²) in [7, 11) is -2.19. The number of hydrogen-bond donors (Lipinski definition) is 1. The molecule has 0 bridgehead atoms. The standard InChI is InChI=1S/C19H20ClN3O6S/c1-22-8-4-5-15(22)18(25)21-17(24)12-29-19(26)13-6-7-14(20)16(11-13)30(27,28)23-9-2-3-10-23/h4-8,11H,2-3,9-10,12H2,1H3,(H,21,24,25). The van der Waals surface area contributed by atoms with Gasteiger partial charge in [-0.05, 0) is 43.2 Å². The highest BCUT2D eigenvalue weighted by atomic mass is 35.5. The van der Waals surface area contributed by atoms with E-state index < -0.39 is 34.4 Å². The van der Waals surface area contributed by atoms with E-state index >= 15 is 0 Å². The van der Waals surface area contributed by atoms with Gasteiger partial charge in [-0.15, -0.1) is 0 Å². The van der Waals surface area contributed by atoms with Gasteiger partial charge in [0.1, 0.15) is 10.6 Å². The summed E-state index contributed by atoms with van der Waals surface area (Å²) in [5, 5.41) is 2.10. The first-order valence-electron chi connectivity index (χ1n) is 9.12. The van der Waals surface area contributed by atoms with Gasteiger partial charge in [0.05, 0.1) is 10.6 Å². The number of amides is 2. The summed E-state index contributed by atoms with van der Waals surface area (Å²) in [6, 6.07) is 6.91. The highest BCUT2D eigenvalue weighted by Gasteiger charge is 2.30. The van der Waals surface area contributed by atoms with Crippen molar-refractivity contribution in [3.63, 3.8) is 0 Å². The fraction of sp³-hybridized carbons (Fsp3) is 0.316. The molecule has 11 heteroatoms. The average Bonchev–Trinajstić information content (AvgIpc) is 3.38. The van der Waals surface area contributed by atoms with E-state index in [2.05, 4.69) is 5.32 Å². The number of nitrogens with zero attached hydrogens (tertiary/aromatic N) is 2. The number of esters is 1. The third-order valence-corrected chi connectivity index (χ3v) is 6.99. The number of ether oxygens (including phenoxy) is 1. The number of halogens is 1. The van der Waals surface area contributed by atoms with Crippen LogP contribution in [0.4, 0.5) is 0 Å². The molecular weight excluding hydrogens is 434 g/mol. The molecule has 1 N–H and O–H groups in total. The number of hydrogen-bond acceptors (Lipinski definition) is 6. The highest BCUT2D eigenvalue weighted by molar-refractivity contribution is 7.89. The summed E-state index contributed by atoms with van der Waals surface area (Å²) >= 11 is 6.05. The van der Waals surface area contributed by atoms with Crippen molar-refractivity contribution in [2.75, 3.05) is 19.7 Å². The van der Waals surface area contributed by atoms with Gasteiger partial charge in [0, 0.05) is 26.3 Å². The molecule has 1 saturated heterocycles. The predicted octanol–water partition coefficient (Wildman–Crippen LogP) is 1.58. The molecular formula is C19H20ClN3O6S. The summed E-state index contributed by atoms with van der Waals surface area (Å²) in [5.74, 6) is -2.35. The topological polar surface area (TPSA) is 115 Å². The van der Waals surface area contributed by atoms with Crippen LogP contribution in [0.5, 0.6) is 0 Å². The Balaban J connectivity index is 1.65. The number of rotatable bonds is 6. The van der Waals surface area contributed by atoms with Crippen LogP contribution in [-0.4, -0.2) is 54.8 Å². The molecule has 1 aromatic heterocycles. The second kappa shape index (κ2) is 8.99. The molecule has 0 atom stereocenters. The summed E-state index contributed by atoms with van der Waals surface area (Å²) in [6.07, 6.45) is 3.16. The van der Waals surface area contributed by atoms with E-state index in [4.69, 9.17) is 16.3 Å². The van der Waals surface area contributed by atoms with Gasteiger partial charge in [0.2, 0.25) is 10.0 Å². The van der Waals surface area contributed by atoms with Crippen molar-refractivity contribution in [1.82, 2.24) is 14.2 Å². The lowest BCUT2D eigenvalue weighted by atomic mass is 10.2. The maximum atomic E-state index is 12.7. The SMILES string of the molecule is Cn1cccc1C(=O)NC(=O)COC(=O)c1ccc(Cl)c(S(=O)(=O)N2CCCC2)c1. The summed E-state index contributed by atoms with van der Waals surface area (Å²) < 4.78 is 33.2. The Labute approximate surface area is 178 Å². The Morgan fingerprint density at radius 2 is 1.87 bits per heavy atom. The van der Waals surface area contributed by atoms with Gasteiger partial charge in [0.15, 0.2) is 6.61 Å². The van der Waals surface area contributed by atoms with Crippen molar-refractivity contribution in [2.45, 2.75) is 17.7 Å². The predicted molar refractivity (Wildman–Crippen MR) is 108 cm³/mol. The number of benzene rings is 1. The number of imide groups is 1. The minimum Gasteiger partial charge on any atom is -0.452 e. The molecule has 0 spiro atoms. The first-order chi connectivity index (χ1) is 14.2. The fourth-order valence-electron chi connectivity index (χ4n) is 3.03. The Kier molecular flexibility index (Phi) is 6.59. The van der Waals surface area contributed by atoms with Crippen LogP contribution in [0, 0.1) is 0 Å². The number of nitrogens with one attached hydrogen (secondary N) is 1. The van der Waals surface area contributed by atoms with Crippen LogP contribution >= 0.6 is 11.6 Å². The van der Waals surface area contributed by atoms with Crippen LogP contribution in [0.25, 0.3) is 0 Å². The van der Waals surface area contributed by atoms with Crippen molar-refractivity contribution in [1.29, 1.82) is 0 Å². The van der Waals surface area contributed by atoms with E-state index in [1.165, 1.54) is 27.1 Å². The van der Waals surface area contributed by atoms with Crippen LogP contribution in [0.15, 0.2) is 41.4 Å². The van der Waals surface area contributed by atoms with E-state index in [1.54, 1.807) is 19.3 Å². The van der Waals surface area contributed by atoms with Crippen molar-refractivity contribution >= 4 is 39.4 Å². The minimum absolute atomic E-state index is 0.00985. The van der Waals surface area contributed by atoms with Crippen LogP contribution in [0.3, 0.4) is 0 Å². The molecule has 1 fully saturated rings. The number of aromatic nitrogens is 1. The molecule has 3 rings (SSSR count). The third-order valence-electron chi connectivity index (χ3n) is 4.61. The zero-order valence-corrected chi connectivity index (χ0v) is 17.7. The molecule has 1 aromatic carbocycles. The minimum atomic E-state index is -3.83. The average molecular weight is 454 g/mol. The van der Waals surface area contributed by atoms with Crippen molar-refractivity contribution in [2.24, 2.45) is 7.05 Å². The van der Waals surface area contributed by atoms with E-state index in [-0.39, 0.29) is 21.2 Å². The Hall–Kier alpha value is -2.69. The number of sulfonamides is 1. The zero-order chi connectivity index (χ0) is 21.9. The van der Waals surface area contributed by atoms with Gasteiger partial charge in [-0.1, -0.05) is 11.6 Å². The molecule has 0 saturated carbocycles. The number of carbonyl (C=O) groups is 3. The second-order valence-corrected chi connectivity index (χ2v) is 9.03. The maximum Gasteiger partial charge on any atom is 0.338 e. The summed E-state index contributed by atoms with van der Waals surface area (Å²) in [5.41, 5.74) is 0.197. The van der Waals surface area contributed by atoms with Crippen LogP contribution in [0.2, 0.25) is 5.02 Å². The van der Waals surface area contributed by atoms with Crippen LogP contribution in [-0.2, 0) is 26.6 Å². The molecule has 1 aliphatic rings. The van der Waals surface area contributed by atoms with Gasteiger partial charge < -0.3 is 9.30 Å². The monoisotopic (exact) mass is 453 g/mol. The van der Waals surface area contributed by atoms with E-state index in [0.717, 1.165) is 18.9 Å². The molecule has 0 aliphatic carbocycles. The fourth-order valence-corrected chi connectivity index (χ4v) is 5.05. The molecule has 160 valence electrons. The first kappa shape index (κ1) is 22.0. The summed E-state index contributed by atoms with van der Waals surface area (Å²) in [6.45, 7) is 0.0805. The molecule has 1 aliphatic heterocycles. The molecule has 30 heavy (non-hydrogen) atoms. The lowest BCUT2D eigenvalue weighted by Crippen LogP contribution is -2.35. The molecule has 0 unspecified atom stereocenters. The molecule has 2 amide bonds. The van der Waals surface area contributed by atoms with Crippen LogP contribution < -0.4 is 5.32 Å². The van der Waals surface area contributed by atoms with Crippen molar-refractivity contribution in [3.05, 3.63) is 52.8 Å². The van der Waals surface area contributed by atoms with Gasteiger partial charge >= 0.3 is 5.97 Å². The summed E-state index contributed by atoms with van der Waals surface area (Å²) in [4.78, 5) is 36.0. The lowest BCUT2D eigenvalue weighted by Gasteiger charge is -2.17. The second-order valence-electron chi connectivity index (χ2n) is 6.71. The smallest absolute Gasteiger partial charge is 0.338 e. The van der Waals surface area contributed by atoms with Gasteiger partial charge in [-0.3, -0.25) is 14.9 Å². The van der Waals surface area contributed by atoms with E-state index in [9.17, 15) is 22.8 Å². The zero-order valence-electron chi connectivity index (χ0n) is 16.1. The molecule has 2 aromatic rings. The molecule has 2 heterocycles. The van der Waals surface area contributed by atoms with Crippen molar-refractivity contribution in [3.8, 4) is 0 Å². The Bertz CT molecular complexity index is 1090. The van der Waals surface area contributed by atoms with Gasteiger partial charge in [-0.2, -0.15) is 4.31 Å². The van der Waals surface area contributed by atoms with Gasteiger partial charge in [-0.25, -0.2) is 13.2 Å². The van der Waals surface area contributed by atoms with Crippen LogP contribution in [0.1, 0.15) is 33.7 Å². The molecule has 0 radical (unpaired) electrons. The normalized spacial score (nSPS) is 14.5. The quantitative estimate of drug-likeness (QED) is 0.664. The van der Waals surface area contributed by atoms with Crippen molar-refractivity contribution < 1.29 is 27.5 Å². The van der Waals surface area contributed by atoms with E-state index in [0.29, 0.717) is 13.1 Å². The Morgan fingerprint density at radius 1 is 1.17 bits per heavy atom. The maximum absolute atomic E-state index is 12.7. The van der Waals surface area contributed by atoms with E-state index in [1.807, 2.05) is 0 Å². The third kappa shape index (κ3) is 4.72. The Morgan fingerprint density at radius 3 is 2.50 bits per heavy atom. The highest BCUT2D eigenvalue weighted by Crippen LogP contribution is 2.28. The lowest BCUT2D eigenvalue weighted by molar-refractivity contribution is -0.123.